The Balaban J connectivity index is -0.0000000867. The van der Waals surface area contributed by atoms with Gasteiger partial charge < -0.3 is 51.1 Å². The minimum atomic E-state index is -0.954. The second-order valence-electron chi connectivity index (χ2n) is 15.5. The van der Waals surface area contributed by atoms with Gasteiger partial charge in [-0.1, -0.05) is 84.1 Å². The fourth-order valence-corrected chi connectivity index (χ4v) is 3.45. The van der Waals surface area contributed by atoms with Gasteiger partial charge in [0.15, 0.2) is 0 Å². The summed E-state index contributed by atoms with van der Waals surface area (Å²) in [7, 11) is 0. The number of aliphatic hydroxyl groups excluding tert-OH is 9. The second-order valence-corrected chi connectivity index (χ2v) is 15.5. The van der Waals surface area contributed by atoms with Gasteiger partial charge in [-0.2, -0.15) is 0 Å². The molecule has 302 valence electrons. The number of hydrogen-bond acceptors (Lipinski definition) is 10. The van der Waals surface area contributed by atoms with Gasteiger partial charge in [0, 0.05) is 0 Å². The monoisotopic (exact) mass is 707 g/mol. The van der Waals surface area contributed by atoms with Crippen LogP contribution < -0.4 is 0 Å². The summed E-state index contributed by atoms with van der Waals surface area (Å²) in [5, 5.41) is 90.1. The minimum absolute atomic E-state index is 0. The van der Waals surface area contributed by atoms with E-state index in [0.717, 1.165) is 0 Å². The predicted molar refractivity (Wildman–Crippen MR) is 204 cm³/mol. The molecule has 0 radical (unpaired) electrons. The number of rotatable bonds is 15. The van der Waals surface area contributed by atoms with Gasteiger partial charge >= 0.3 is 0 Å². The molecule has 0 aromatic rings. The van der Waals surface area contributed by atoms with Gasteiger partial charge in [-0.3, -0.25) is 0 Å². The first-order valence-corrected chi connectivity index (χ1v) is 17.3. The summed E-state index contributed by atoms with van der Waals surface area (Å²) in [6.45, 7) is 29.9. The van der Waals surface area contributed by atoms with Gasteiger partial charge in [0.1, 0.15) is 0 Å². The molecule has 0 unspecified atom stereocenters. The summed E-state index contributed by atoms with van der Waals surface area (Å²) >= 11 is 0. The Labute approximate surface area is 298 Å². The average Bonchev–Trinajstić information content (AvgIpc) is 2.82. The Hall–Kier alpha value is -0.400. The molecule has 9 atom stereocenters. The normalized spacial score (nSPS) is 16.8. The van der Waals surface area contributed by atoms with Crippen LogP contribution in [0.25, 0.3) is 0 Å². The van der Waals surface area contributed by atoms with Crippen LogP contribution >= 0.6 is 0 Å². The minimum Gasteiger partial charge on any atom is -0.391 e. The van der Waals surface area contributed by atoms with E-state index >= 15 is 0 Å². The summed E-state index contributed by atoms with van der Waals surface area (Å²) < 4.78 is 0. The maximum absolute atomic E-state index is 9.31. The van der Waals surface area contributed by atoms with Crippen molar-refractivity contribution in [1.82, 2.24) is 0 Å². The van der Waals surface area contributed by atoms with Crippen LogP contribution in [0.3, 0.4) is 0 Å². The lowest BCUT2D eigenvalue weighted by molar-refractivity contribution is -0.0564. The van der Waals surface area contributed by atoms with Crippen LogP contribution in [0.5, 0.6) is 0 Å². The highest BCUT2D eigenvalue weighted by Crippen LogP contribution is 2.16. The quantitative estimate of drug-likeness (QED) is 0.103. The van der Waals surface area contributed by atoms with E-state index in [1.165, 1.54) is 0 Å². The first kappa shape index (κ1) is 62.7. The van der Waals surface area contributed by atoms with Gasteiger partial charge in [0.25, 0.3) is 0 Å². The van der Waals surface area contributed by atoms with Crippen LogP contribution in [0, 0.1) is 29.6 Å². The number of aliphatic hydroxyl groups is 10. The molecule has 0 bridgehead atoms. The Bertz CT molecular complexity index is 535. The van der Waals surface area contributed by atoms with Crippen LogP contribution in [-0.4, -0.2) is 112 Å². The molecule has 0 saturated carbocycles. The Morgan fingerprint density at radius 1 is 0.333 bits per heavy atom. The lowest BCUT2D eigenvalue weighted by Gasteiger charge is -2.25. The van der Waals surface area contributed by atoms with Crippen molar-refractivity contribution in [2.75, 3.05) is 0 Å². The summed E-state index contributed by atoms with van der Waals surface area (Å²) in [5.74, 6) is 2.25. The van der Waals surface area contributed by atoms with Gasteiger partial charge in [0.2, 0.25) is 0 Å². The topological polar surface area (TPSA) is 202 Å². The molecule has 0 aromatic heterocycles. The van der Waals surface area contributed by atoms with E-state index in [4.69, 9.17) is 40.9 Å². The number of hydrogen-bond donors (Lipinski definition) is 10. The molecule has 0 saturated heterocycles. The lowest BCUT2D eigenvalue weighted by atomic mass is 9.94. The zero-order valence-electron chi connectivity index (χ0n) is 32.6. The molecule has 0 aliphatic rings. The summed E-state index contributed by atoms with van der Waals surface area (Å²) in [6.07, 6.45) is -1.80. The van der Waals surface area contributed by atoms with Crippen molar-refractivity contribution in [1.29, 1.82) is 0 Å². The summed E-state index contributed by atoms with van der Waals surface area (Å²) in [4.78, 5) is 0. The Morgan fingerprint density at radius 3 is 0.521 bits per heavy atom. The fourth-order valence-electron chi connectivity index (χ4n) is 3.45. The van der Waals surface area contributed by atoms with E-state index in [2.05, 4.69) is 0 Å². The lowest BCUT2D eigenvalue weighted by Crippen LogP contribution is -2.36. The molecule has 10 N–H and O–H groups in total. The van der Waals surface area contributed by atoms with E-state index in [9.17, 15) is 10.2 Å². The van der Waals surface area contributed by atoms with Crippen molar-refractivity contribution in [3.63, 3.8) is 0 Å². The van der Waals surface area contributed by atoms with E-state index in [-0.39, 0.29) is 14.9 Å². The molecule has 0 heterocycles. The smallest absolute Gasteiger partial charge is 0.0849 e. The van der Waals surface area contributed by atoms with Gasteiger partial charge in [-0.25, -0.2) is 0 Å². The first-order valence-electron chi connectivity index (χ1n) is 17.3. The fraction of sp³-hybridized carbons (Fsp3) is 1.00. The zero-order chi connectivity index (χ0) is 38.1. The average molecular weight is 707 g/mol. The highest BCUT2D eigenvalue weighted by Gasteiger charge is 2.24. The molecule has 10 heteroatoms. The molecule has 0 aliphatic heterocycles. The van der Waals surface area contributed by atoms with Crippen molar-refractivity contribution in [2.24, 2.45) is 29.6 Å². The van der Waals surface area contributed by atoms with Gasteiger partial charge in [0.05, 0.1) is 60.5 Å². The van der Waals surface area contributed by atoms with Gasteiger partial charge in [-0.05, 0) is 103 Å². The predicted octanol–water partition coefficient (Wildman–Crippen LogP) is 5.53. The maximum atomic E-state index is 9.31. The molecule has 0 fully saturated rings. The van der Waals surface area contributed by atoms with Crippen LogP contribution in [-0.2, 0) is 0 Å². The van der Waals surface area contributed by atoms with Crippen LogP contribution in [0.15, 0.2) is 0 Å². The SMILES string of the molecule is C.C.CC(C)C[C@@H](O)C(C)(C)O.CC(C)C[C@@H](O)[C@@H](C)O.CC(C)C[C@@H](O)[C@H](C)O.CC(C)C[C@H](O)[C@@H](C)O.CC(C)C[C@H](O)[C@H](C)O. The van der Waals surface area contributed by atoms with E-state index < -0.39 is 60.5 Å². The standard InChI is InChI=1S/C8H18O2.4C7H16O2.2CH4/c1-6(2)5-7(9)8(3,4)10;4*1-5(2)4-7(9)6(3)8;;/h6-7,9-10H,5H2,1-4H3;4*5-9H,4H2,1-3H3;2*1H4/t7-;2*6-,7+;2*6-,7-;;/m11010../s1. The molecule has 0 aliphatic carbocycles. The largest absolute Gasteiger partial charge is 0.391 e. The van der Waals surface area contributed by atoms with Crippen molar-refractivity contribution in [2.45, 2.75) is 218 Å². The molecule has 10 nitrogen and oxygen atoms in total. The van der Waals surface area contributed by atoms with E-state index in [0.29, 0.717) is 61.7 Å². The molecule has 0 aromatic carbocycles. The maximum Gasteiger partial charge on any atom is 0.0849 e. The molecular weight excluding hydrogens is 616 g/mol. The van der Waals surface area contributed by atoms with E-state index in [1.807, 2.05) is 69.2 Å². The summed E-state index contributed by atoms with van der Waals surface area (Å²) in [5.41, 5.74) is -0.954. The third-order valence-electron chi connectivity index (χ3n) is 6.59. The highest BCUT2D eigenvalue weighted by atomic mass is 16.3. The Kier molecular flexibility index (Phi) is 45.8. The van der Waals surface area contributed by atoms with Crippen molar-refractivity contribution >= 4 is 0 Å². The van der Waals surface area contributed by atoms with Crippen molar-refractivity contribution in [3.8, 4) is 0 Å². The third-order valence-corrected chi connectivity index (χ3v) is 6.59. The third kappa shape index (κ3) is 52.4. The molecule has 0 amide bonds. The second kappa shape index (κ2) is 35.0. The molecule has 0 rings (SSSR count). The highest BCUT2D eigenvalue weighted by molar-refractivity contribution is 4.76. The molecular formula is C38H90O10. The zero-order valence-corrected chi connectivity index (χ0v) is 32.6. The van der Waals surface area contributed by atoms with Crippen molar-refractivity contribution in [3.05, 3.63) is 0 Å². The van der Waals surface area contributed by atoms with E-state index in [1.54, 1.807) is 41.5 Å². The van der Waals surface area contributed by atoms with Crippen molar-refractivity contribution < 1.29 is 51.1 Å². The van der Waals surface area contributed by atoms with Crippen LogP contribution in [0.4, 0.5) is 0 Å². The first-order chi connectivity index (χ1) is 20.5. The summed E-state index contributed by atoms with van der Waals surface area (Å²) in [6, 6.07) is 0. The Morgan fingerprint density at radius 2 is 0.479 bits per heavy atom. The molecule has 0 spiro atoms. The van der Waals surface area contributed by atoms with Crippen LogP contribution in [0.1, 0.15) is 158 Å². The molecule has 48 heavy (non-hydrogen) atoms. The van der Waals surface area contributed by atoms with Crippen LogP contribution in [0.2, 0.25) is 0 Å². The van der Waals surface area contributed by atoms with Gasteiger partial charge in [-0.15, -0.1) is 0 Å².